The first kappa shape index (κ1) is 15.6. The average molecular weight is 223 g/mol. The van der Waals surface area contributed by atoms with Crippen LogP contribution < -0.4 is 0 Å². The third-order valence-electron chi connectivity index (χ3n) is 1.11. The van der Waals surface area contributed by atoms with E-state index in [1.807, 2.05) is 6.92 Å². The van der Waals surface area contributed by atoms with Crippen LogP contribution in [0.15, 0.2) is 17.3 Å². The van der Waals surface area contributed by atoms with Crippen LogP contribution in [0.4, 0.5) is 0 Å². The Bertz CT molecular complexity index is 292. The summed E-state index contributed by atoms with van der Waals surface area (Å²) in [5.41, 5.74) is 1.21. The predicted octanol–water partition coefficient (Wildman–Crippen LogP) is 1.70. The Morgan fingerprint density at radius 3 is 1.86 bits per heavy atom. The lowest BCUT2D eigenvalue weighted by Gasteiger charge is -1.90. The van der Waals surface area contributed by atoms with Crippen molar-refractivity contribution in [3.63, 3.8) is 0 Å². The monoisotopic (exact) mass is 223 g/mol. The number of hydrogen-bond donors (Lipinski definition) is 2. The number of oxime groups is 1. The Morgan fingerprint density at radius 2 is 1.86 bits per heavy atom. The molecule has 0 unspecified atom stereocenters. The summed E-state index contributed by atoms with van der Waals surface area (Å²) in [6.45, 7) is 8.55. The van der Waals surface area contributed by atoms with Gasteiger partial charge >= 0.3 is 0 Å². The first-order valence-corrected chi connectivity index (χ1v) is 5.61. The van der Waals surface area contributed by atoms with Crippen molar-refractivity contribution >= 4 is 15.8 Å². The molecule has 0 spiro atoms. The molecule has 0 aliphatic heterocycles. The van der Waals surface area contributed by atoms with Crippen LogP contribution in [0, 0.1) is 0 Å². The lowest BCUT2D eigenvalue weighted by molar-refractivity contribution is 0.317. The van der Waals surface area contributed by atoms with Crippen LogP contribution in [0.2, 0.25) is 0 Å². The zero-order valence-corrected chi connectivity index (χ0v) is 9.50. The van der Waals surface area contributed by atoms with Gasteiger partial charge in [-0.25, -0.2) is 0 Å². The molecule has 0 radical (unpaired) electrons. The minimum atomic E-state index is -3.82. The Balaban J connectivity index is 0. The number of hydrogen-bond acceptors (Lipinski definition) is 4. The predicted molar refractivity (Wildman–Crippen MR) is 56.4 cm³/mol. The Labute approximate surface area is 84.9 Å². The van der Waals surface area contributed by atoms with E-state index in [-0.39, 0.29) is 5.75 Å². The van der Waals surface area contributed by atoms with Crippen LogP contribution in [0.5, 0.6) is 0 Å². The highest BCUT2D eigenvalue weighted by atomic mass is 32.2. The van der Waals surface area contributed by atoms with Crippen molar-refractivity contribution in [2.45, 2.75) is 27.2 Å². The molecule has 0 aliphatic rings. The quantitative estimate of drug-likeness (QED) is 0.250. The highest BCUT2D eigenvalue weighted by Crippen LogP contribution is 1.91. The van der Waals surface area contributed by atoms with Crippen molar-refractivity contribution < 1.29 is 18.2 Å². The first-order valence-electron chi connectivity index (χ1n) is 4.00. The Kier molecular flexibility index (Phi) is 8.37. The summed E-state index contributed by atoms with van der Waals surface area (Å²) in [6.07, 6.45) is 0.830. The van der Waals surface area contributed by atoms with E-state index in [1.54, 1.807) is 6.92 Å². The molecule has 0 saturated carbocycles. The first-order chi connectivity index (χ1) is 6.22. The molecule has 0 aromatic carbocycles. The zero-order valence-electron chi connectivity index (χ0n) is 8.69. The van der Waals surface area contributed by atoms with Crippen molar-refractivity contribution in [3.8, 4) is 0 Å². The van der Waals surface area contributed by atoms with E-state index in [2.05, 4.69) is 11.7 Å². The van der Waals surface area contributed by atoms with Gasteiger partial charge in [0.2, 0.25) is 0 Å². The van der Waals surface area contributed by atoms with Gasteiger partial charge in [-0.05, 0) is 20.3 Å². The van der Waals surface area contributed by atoms with Gasteiger partial charge in [-0.2, -0.15) is 8.42 Å². The molecule has 14 heavy (non-hydrogen) atoms. The topological polar surface area (TPSA) is 87.0 Å². The second-order valence-corrected chi connectivity index (χ2v) is 4.32. The molecule has 2 N–H and O–H groups in total. The maximum absolute atomic E-state index is 9.94. The molecule has 0 aliphatic carbocycles. The summed E-state index contributed by atoms with van der Waals surface area (Å²) in [6, 6.07) is 0. The molecular formula is C8H17NO4S. The molecule has 5 nitrogen and oxygen atoms in total. The van der Waals surface area contributed by atoms with Crippen LogP contribution in [0.25, 0.3) is 0 Å². The maximum Gasteiger partial charge on any atom is 0.268 e. The lowest BCUT2D eigenvalue weighted by atomic mass is 10.3. The Morgan fingerprint density at radius 1 is 1.43 bits per heavy atom. The van der Waals surface area contributed by atoms with Gasteiger partial charge in [0.05, 0.1) is 11.5 Å². The summed E-state index contributed by atoms with van der Waals surface area (Å²) in [5.74, 6) is -0.340. The van der Waals surface area contributed by atoms with Gasteiger partial charge in [-0.15, -0.1) is 0 Å². The lowest BCUT2D eigenvalue weighted by Crippen LogP contribution is -2.03. The molecule has 0 rings (SSSR count). The SMILES string of the molecule is C=C(C)CS(=O)(=O)O.CCC(C)=NO. The van der Waals surface area contributed by atoms with E-state index in [4.69, 9.17) is 9.76 Å². The van der Waals surface area contributed by atoms with Crippen molar-refractivity contribution in [2.24, 2.45) is 5.16 Å². The molecule has 0 bridgehead atoms. The summed E-state index contributed by atoms with van der Waals surface area (Å²) in [5, 5.41) is 10.8. The third kappa shape index (κ3) is 17.3. The van der Waals surface area contributed by atoms with Crippen molar-refractivity contribution in [1.29, 1.82) is 0 Å². The van der Waals surface area contributed by atoms with Gasteiger partial charge in [-0.1, -0.05) is 24.2 Å². The molecule has 0 fully saturated rings. The van der Waals surface area contributed by atoms with Gasteiger partial charge in [0, 0.05) is 0 Å². The van der Waals surface area contributed by atoms with Crippen LogP contribution in [0.3, 0.4) is 0 Å². The van der Waals surface area contributed by atoms with Gasteiger partial charge in [0.15, 0.2) is 0 Å². The van der Waals surface area contributed by atoms with Gasteiger partial charge in [-0.3, -0.25) is 4.55 Å². The van der Waals surface area contributed by atoms with Crippen LogP contribution in [-0.4, -0.2) is 29.6 Å². The van der Waals surface area contributed by atoms with Gasteiger partial charge < -0.3 is 5.21 Å². The molecule has 0 aromatic heterocycles. The van der Waals surface area contributed by atoms with E-state index in [9.17, 15) is 8.42 Å². The van der Waals surface area contributed by atoms with E-state index < -0.39 is 10.1 Å². The molecule has 0 atom stereocenters. The minimum absolute atomic E-state index is 0.340. The second-order valence-electron chi connectivity index (χ2n) is 2.87. The summed E-state index contributed by atoms with van der Waals surface area (Å²) < 4.78 is 28.0. The molecule has 0 aromatic rings. The zero-order chi connectivity index (χ0) is 11.8. The normalized spacial score (nSPS) is 11.6. The standard InChI is InChI=1S/C4H9NO.C4H8O3S/c1-3-4(2)5-6;1-4(2)3-8(5,6)7/h6H,3H2,1-2H3;1,3H2,2H3,(H,5,6,7). The fourth-order valence-corrected chi connectivity index (χ4v) is 1.00. The van der Waals surface area contributed by atoms with Crippen molar-refractivity contribution in [3.05, 3.63) is 12.2 Å². The third-order valence-corrected chi connectivity index (χ3v) is 1.97. The van der Waals surface area contributed by atoms with E-state index in [0.29, 0.717) is 5.57 Å². The van der Waals surface area contributed by atoms with Crippen molar-refractivity contribution in [1.82, 2.24) is 0 Å². The minimum Gasteiger partial charge on any atom is -0.411 e. The maximum atomic E-state index is 9.94. The average Bonchev–Trinajstić information content (AvgIpc) is 1.99. The smallest absolute Gasteiger partial charge is 0.268 e. The number of nitrogens with zero attached hydrogens (tertiary/aromatic N) is 1. The molecule has 6 heteroatoms. The fourth-order valence-electron chi connectivity index (χ4n) is 0.382. The van der Waals surface area contributed by atoms with Crippen LogP contribution >= 0.6 is 0 Å². The van der Waals surface area contributed by atoms with Gasteiger partial charge in [0.25, 0.3) is 10.1 Å². The van der Waals surface area contributed by atoms with Gasteiger partial charge in [0.1, 0.15) is 0 Å². The summed E-state index contributed by atoms with van der Waals surface area (Å²) in [4.78, 5) is 0. The molecule has 0 amide bonds. The summed E-state index contributed by atoms with van der Waals surface area (Å²) >= 11 is 0. The van der Waals surface area contributed by atoms with Crippen molar-refractivity contribution in [2.75, 3.05) is 5.75 Å². The van der Waals surface area contributed by atoms with Crippen LogP contribution in [0.1, 0.15) is 27.2 Å². The number of rotatable bonds is 3. The largest absolute Gasteiger partial charge is 0.411 e. The van der Waals surface area contributed by atoms with E-state index in [0.717, 1.165) is 12.1 Å². The van der Waals surface area contributed by atoms with Crippen LogP contribution in [-0.2, 0) is 10.1 Å². The van der Waals surface area contributed by atoms with E-state index in [1.165, 1.54) is 6.92 Å². The molecule has 0 heterocycles. The summed E-state index contributed by atoms with van der Waals surface area (Å²) in [7, 11) is -3.82. The highest BCUT2D eigenvalue weighted by Gasteiger charge is 2.01. The molecular weight excluding hydrogens is 206 g/mol. The second kappa shape index (κ2) is 7.52. The fraction of sp³-hybridized carbons (Fsp3) is 0.625. The van der Waals surface area contributed by atoms with E-state index >= 15 is 0 Å². The molecule has 0 saturated heterocycles. The Hall–Kier alpha value is -0.880. The molecule has 84 valence electrons. The highest BCUT2D eigenvalue weighted by molar-refractivity contribution is 7.85.